The number of hydrogen-bond acceptors (Lipinski definition) is 6. The second kappa shape index (κ2) is 7.67. The normalized spacial score (nSPS) is 17.8. The summed E-state index contributed by atoms with van der Waals surface area (Å²) in [5.74, 6) is 1.44. The van der Waals surface area contributed by atoms with Gasteiger partial charge in [-0.3, -0.25) is 4.90 Å². The van der Waals surface area contributed by atoms with Crippen molar-refractivity contribution in [3.8, 4) is 17.6 Å². The minimum atomic E-state index is 0.643. The minimum absolute atomic E-state index is 0.643. The first-order valence-electron chi connectivity index (χ1n) is 10.2. The number of rotatable bonds is 4. The van der Waals surface area contributed by atoms with Crippen molar-refractivity contribution in [3.05, 3.63) is 63.7 Å². The maximum absolute atomic E-state index is 9.96. The van der Waals surface area contributed by atoms with Gasteiger partial charge in [0.25, 0.3) is 0 Å². The van der Waals surface area contributed by atoms with E-state index in [9.17, 15) is 5.26 Å². The molecule has 3 aliphatic heterocycles. The summed E-state index contributed by atoms with van der Waals surface area (Å²) >= 11 is 0. The van der Waals surface area contributed by atoms with Gasteiger partial charge in [-0.05, 0) is 40.8 Å². The molecule has 2 aromatic rings. The molecule has 6 nitrogen and oxygen atoms in total. The lowest BCUT2D eigenvalue weighted by molar-refractivity contribution is 0.134. The number of nitrogens with zero attached hydrogens (tertiary/aromatic N) is 3. The predicted molar refractivity (Wildman–Crippen MR) is 113 cm³/mol. The minimum Gasteiger partial charge on any atom is -0.493 e. The molecule has 3 aliphatic rings. The van der Waals surface area contributed by atoms with E-state index in [0.29, 0.717) is 25.5 Å². The standard InChI is InChI=1S/C24H25N3O3/c1-28-22-8-17-5-6-27-15-26(11-16-3-4-18-13-30-14-19(18)7-16)12-20(10-25)24(27)21(17)9-23(22)29-2/h3-4,7-9H,5-6,11-15H2,1-2H3. The number of fused-ring (bicyclic) bond motifs is 4. The van der Waals surface area contributed by atoms with Gasteiger partial charge in [0.1, 0.15) is 0 Å². The highest BCUT2D eigenvalue weighted by atomic mass is 16.5. The van der Waals surface area contributed by atoms with Crippen molar-refractivity contribution in [2.75, 3.05) is 34.0 Å². The summed E-state index contributed by atoms with van der Waals surface area (Å²) in [7, 11) is 3.30. The molecule has 0 fully saturated rings. The van der Waals surface area contributed by atoms with Crippen LogP contribution in [-0.4, -0.2) is 43.8 Å². The van der Waals surface area contributed by atoms with Gasteiger partial charge in [-0.2, -0.15) is 5.26 Å². The number of methoxy groups -OCH3 is 2. The molecule has 154 valence electrons. The van der Waals surface area contributed by atoms with Crippen LogP contribution in [0.25, 0.3) is 5.70 Å². The van der Waals surface area contributed by atoms with Crippen LogP contribution in [0.2, 0.25) is 0 Å². The van der Waals surface area contributed by atoms with E-state index < -0.39 is 0 Å². The van der Waals surface area contributed by atoms with E-state index in [4.69, 9.17) is 14.2 Å². The van der Waals surface area contributed by atoms with Crippen LogP contribution >= 0.6 is 0 Å². The van der Waals surface area contributed by atoms with Gasteiger partial charge in [0, 0.05) is 25.2 Å². The summed E-state index contributed by atoms with van der Waals surface area (Å²) in [4.78, 5) is 4.66. The quantitative estimate of drug-likeness (QED) is 0.781. The molecule has 30 heavy (non-hydrogen) atoms. The lowest BCUT2D eigenvalue weighted by Crippen LogP contribution is -2.45. The summed E-state index contributed by atoms with van der Waals surface area (Å²) in [6.45, 7) is 4.57. The third-order valence-electron chi connectivity index (χ3n) is 6.20. The van der Waals surface area contributed by atoms with Crippen LogP contribution in [0, 0.1) is 11.3 Å². The summed E-state index contributed by atoms with van der Waals surface area (Å²) in [6.07, 6.45) is 0.919. The van der Waals surface area contributed by atoms with E-state index in [2.05, 4.69) is 34.1 Å². The highest BCUT2D eigenvalue weighted by Gasteiger charge is 2.31. The van der Waals surface area contributed by atoms with Crippen molar-refractivity contribution in [1.29, 1.82) is 5.26 Å². The Morgan fingerprint density at radius 2 is 1.83 bits per heavy atom. The number of nitriles is 1. The third kappa shape index (κ3) is 3.20. The summed E-state index contributed by atoms with van der Waals surface area (Å²) in [5, 5.41) is 9.96. The third-order valence-corrected chi connectivity index (χ3v) is 6.20. The molecule has 0 radical (unpaired) electrons. The van der Waals surface area contributed by atoms with Gasteiger partial charge in [0.05, 0.1) is 51.4 Å². The molecule has 0 aromatic heterocycles. The van der Waals surface area contributed by atoms with Crippen LogP contribution in [0.3, 0.4) is 0 Å². The highest BCUT2D eigenvalue weighted by Crippen LogP contribution is 2.40. The van der Waals surface area contributed by atoms with E-state index in [1.807, 2.05) is 12.1 Å². The molecule has 0 aliphatic carbocycles. The van der Waals surface area contributed by atoms with Crippen molar-refractivity contribution in [2.24, 2.45) is 0 Å². The Bertz CT molecular complexity index is 1070. The molecule has 0 atom stereocenters. The molecule has 0 saturated carbocycles. The van der Waals surface area contributed by atoms with Crippen LogP contribution in [0.4, 0.5) is 0 Å². The second-order valence-electron chi connectivity index (χ2n) is 8.04. The summed E-state index contributed by atoms with van der Waals surface area (Å²) in [5.41, 5.74) is 7.98. The summed E-state index contributed by atoms with van der Waals surface area (Å²) in [6, 6.07) is 13.1. The first-order valence-corrected chi connectivity index (χ1v) is 10.2. The zero-order valence-corrected chi connectivity index (χ0v) is 17.4. The van der Waals surface area contributed by atoms with Crippen molar-refractivity contribution in [2.45, 2.75) is 26.2 Å². The van der Waals surface area contributed by atoms with E-state index in [-0.39, 0.29) is 0 Å². The fourth-order valence-electron chi connectivity index (χ4n) is 4.75. The Morgan fingerprint density at radius 1 is 1.03 bits per heavy atom. The van der Waals surface area contributed by atoms with Crippen LogP contribution in [0.15, 0.2) is 35.9 Å². The molecule has 0 bridgehead atoms. The van der Waals surface area contributed by atoms with Crippen molar-refractivity contribution in [1.82, 2.24) is 9.80 Å². The first-order chi connectivity index (χ1) is 14.7. The molecular formula is C24H25N3O3. The maximum Gasteiger partial charge on any atom is 0.161 e. The van der Waals surface area contributed by atoms with Gasteiger partial charge in [-0.1, -0.05) is 18.2 Å². The van der Waals surface area contributed by atoms with Gasteiger partial charge in [-0.15, -0.1) is 0 Å². The fraction of sp³-hybridized carbons (Fsp3) is 0.375. The summed E-state index contributed by atoms with van der Waals surface area (Å²) < 4.78 is 16.5. The molecule has 3 heterocycles. The van der Waals surface area contributed by atoms with Crippen LogP contribution < -0.4 is 9.47 Å². The van der Waals surface area contributed by atoms with Gasteiger partial charge in [0.2, 0.25) is 0 Å². The number of hydrogen-bond donors (Lipinski definition) is 0. The molecule has 6 heteroatoms. The van der Waals surface area contributed by atoms with Crippen molar-refractivity contribution >= 4 is 5.70 Å². The Labute approximate surface area is 176 Å². The lowest BCUT2D eigenvalue weighted by Gasteiger charge is -2.42. The Morgan fingerprint density at radius 3 is 2.63 bits per heavy atom. The van der Waals surface area contributed by atoms with Crippen LogP contribution in [-0.2, 0) is 30.9 Å². The van der Waals surface area contributed by atoms with Crippen LogP contribution in [0.5, 0.6) is 11.5 Å². The Hall–Kier alpha value is -3.01. The molecule has 0 saturated heterocycles. The van der Waals surface area contributed by atoms with E-state index >= 15 is 0 Å². The van der Waals surface area contributed by atoms with Crippen molar-refractivity contribution in [3.63, 3.8) is 0 Å². The average Bonchev–Trinajstić information content (AvgIpc) is 3.25. The predicted octanol–water partition coefficient (Wildman–Crippen LogP) is 3.30. The van der Waals surface area contributed by atoms with Gasteiger partial charge in [-0.25, -0.2) is 0 Å². The SMILES string of the molecule is COc1cc2c(cc1OC)C1=C(C#N)CN(Cc3ccc4c(c3)COC4)CN1CC2. The Balaban J connectivity index is 1.46. The molecule has 0 amide bonds. The average molecular weight is 403 g/mol. The monoisotopic (exact) mass is 403 g/mol. The molecular weight excluding hydrogens is 378 g/mol. The highest BCUT2D eigenvalue weighted by molar-refractivity contribution is 5.77. The van der Waals surface area contributed by atoms with Crippen LogP contribution in [0.1, 0.15) is 27.8 Å². The van der Waals surface area contributed by atoms with E-state index in [1.165, 1.54) is 22.3 Å². The maximum atomic E-state index is 9.96. The van der Waals surface area contributed by atoms with E-state index in [1.54, 1.807) is 14.2 Å². The molecule has 2 aromatic carbocycles. The first kappa shape index (κ1) is 19.0. The zero-order chi connectivity index (χ0) is 20.7. The lowest BCUT2D eigenvalue weighted by atomic mass is 9.92. The zero-order valence-electron chi connectivity index (χ0n) is 17.4. The van der Waals surface area contributed by atoms with Gasteiger partial charge in [0.15, 0.2) is 11.5 Å². The topological polar surface area (TPSA) is 58.0 Å². The Kier molecular flexibility index (Phi) is 4.86. The fourth-order valence-corrected chi connectivity index (χ4v) is 4.75. The van der Waals surface area contributed by atoms with Gasteiger partial charge >= 0.3 is 0 Å². The van der Waals surface area contributed by atoms with E-state index in [0.717, 1.165) is 48.8 Å². The molecule has 0 spiro atoms. The molecule has 0 N–H and O–H groups in total. The second-order valence-corrected chi connectivity index (χ2v) is 8.04. The smallest absolute Gasteiger partial charge is 0.161 e. The largest absolute Gasteiger partial charge is 0.493 e. The number of ether oxygens (including phenoxy) is 3. The molecule has 0 unspecified atom stereocenters. The van der Waals surface area contributed by atoms with Crippen molar-refractivity contribution < 1.29 is 14.2 Å². The van der Waals surface area contributed by atoms with Gasteiger partial charge < -0.3 is 19.1 Å². The molecule has 5 rings (SSSR count). The number of benzene rings is 2.